The van der Waals surface area contributed by atoms with Crippen molar-refractivity contribution in [3.8, 4) is 0 Å². The molecule has 4 nitrogen and oxygen atoms in total. The third kappa shape index (κ3) is 4.53. The molecule has 0 unspecified atom stereocenters. The molecule has 0 bridgehead atoms. The maximum atomic E-state index is 12.0. The van der Waals surface area contributed by atoms with Gasteiger partial charge in [-0.3, -0.25) is 9.69 Å². The van der Waals surface area contributed by atoms with Gasteiger partial charge in [0.1, 0.15) is 0 Å². The summed E-state index contributed by atoms with van der Waals surface area (Å²) in [6, 6.07) is 14.6. The van der Waals surface area contributed by atoms with Crippen molar-refractivity contribution in [2.24, 2.45) is 0 Å². The lowest BCUT2D eigenvalue weighted by Gasteiger charge is -2.26. The Morgan fingerprint density at radius 2 is 1.87 bits per heavy atom. The first-order valence-electron chi connectivity index (χ1n) is 8.36. The number of amides is 1. The van der Waals surface area contributed by atoms with Crippen molar-refractivity contribution < 1.29 is 9.53 Å². The summed E-state index contributed by atoms with van der Waals surface area (Å²) in [6.07, 6.45) is 1.32. The zero-order chi connectivity index (χ0) is 15.9. The van der Waals surface area contributed by atoms with Crippen LogP contribution in [0.25, 0.3) is 10.8 Å². The van der Waals surface area contributed by atoms with Gasteiger partial charge < -0.3 is 10.1 Å². The zero-order valence-corrected chi connectivity index (χ0v) is 13.5. The monoisotopic (exact) mass is 312 g/mol. The number of rotatable bonds is 6. The molecule has 0 radical (unpaired) electrons. The van der Waals surface area contributed by atoms with E-state index in [9.17, 15) is 4.79 Å². The second kappa shape index (κ2) is 8.09. The molecule has 1 aliphatic heterocycles. The molecule has 1 aliphatic rings. The number of nitrogens with zero attached hydrogens (tertiary/aromatic N) is 1. The van der Waals surface area contributed by atoms with Gasteiger partial charge in [0.05, 0.1) is 13.2 Å². The van der Waals surface area contributed by atoms with E-state index in [1.54, 1.807) is 0 Å². The molecule has 0 atom stereocenters. The molecule has 1 saturated heterocycles. The van der Waals surface area contributed by atoms with Crippen molar-refractivity contribution in [1.82, 2.24) is 10.2 Å². The highest BCUT2D eigenvalue weighted by Crippen LogP contribution is 2.19. The fourth-order valence-electron chi connectivity index (χ4n) is 3.03. The smallest absolute Gasteiger partial charge is 0.220 e. The molecule has 0 spiro atoms. The van der Waals surface area contributed by atoms with Gasteiger partial charge >= 0.3 is 0 Å². The van der Waals surface area contributed by atoms with Crippen LogP contribution in [-0.4, -0.2) is 50.2 Å². The Balaban J connectivity index is 1.45. The van der Waals surface area contributed by atoms with Gasteiger partial charge in [0.25, 0.3) is 0 Å². The number of benzene rings is 2. The summed E-state index contributed by atoms with van der Waals surface area (Å²) >= 11 is 0. The van der Waals surface area contributed by atoms with Crippen LogP contribution in [0, 0.1) is 0 Å². The van der Waals surface area contributed by atoms with Crippen LogP contribution in [0.2, 0.25) is 0 Å². The molecule has 23 heavy (non-hydrogen) atoms. The number of fused-ring (bicyclic) bond motifs is 1. The second-order valence-electron chi connectivity index (χ2n) is 5.94. The normalized spacial score (nSPS) is 15.7. The van der Waals surface area contributed by atoms with Crippen LogP contribution >= 0.6 is 0 Å². The molecular formula is C19H24N2O2. The maximum Gasteiger partial charge on any atom is 0.220 e. The largest absolute Gasteiger partial charge is 0.379 e. The Bertz CT molecular complexity index is 645. The first kappa shape index (κ1) is 16.0. The summed E-state index contributed by atoms with van der Waals surface area (Å²) in [6.45, 7) is 5.15. The molecule has 0 saturated carbocycles. The van der Waals surface area contributed by atoms with Gasteiger partial charge in [-0.2, -0.15) is 0 Å². The van der Waals surface area contributed by atoms with Gasteiger partial charge in [-0.15, -0.1) is 0 Å². The van der Waals surface area contributed by atoms with Crippen molar-refractivity contribution in [3.63, 3.8) is 0 Å². The van der Waals surface area contributed by atoms with Gasteiger partial charge in [-0.05, 0) is 22.8 Å². The summed E-state index contributed by atoms with van der Waals surface area (Å²) in [5.41, 5.74) is 1.24. The highest BCUT2D eigenvalue weighted by molar-refractivity contribution is 5.86. The molecule has 1 amide bonds. The number of ether oxygens (including phenoxy) is 1. The topological polar surface area (TPSA) is 41.6 Å². The number of carbonyl (C=O) groups is 1. The first-order valence-corrected chi connectivity index (χ1v) is 8.36. The number of hydrogen-bond donors (Lipinski definition) is 1. The van der Waals surface area contributed by atoms with Crippen molar-refractivity contribution in [1.29, 1.82) is 0 Å². The fourth-order valence-corrected chi connectivity index (χ4v) is 3.03. The van der Waals surface area contributed by atoms with Crippen LogP contribution < -0.4 is 5.32 Å². The van der Waals surface area contributed by atoms with Crippen molar-refractivity contribution in [3.05, 3.63) is 48.0 Å². The van der Waals surface area contributed by atoms with Crippen LogP contribution in [0.15, 0.2) is 42.5 Å². The highest BCUT2D eigenvalue weighted by atomic mass is 16.5. The number of nitrogens with one attached hydrogen (secondary N) is 1. The van der Waals surface area contributed by atoms with E-state index in [0.717, 1.165) is 39.3 Å². The standard InChI is InChI=1S/C19H24N2O2/c22-19(20-10-11-21-12-14-23-15-13-21)9-8-17-6-3-5-16-4-1-2-7-18(16)17/h1-7H,8-15H2,(H,20,22). The van der Waals surface area contributed by atoms with Gasteiger partial charge in [0.2, 0.25) is 5.91 Å². The van der Waals surface area contributed by atoms with Crippen LogP contribution in [0.5, 0.6) is 0 Å². The van der Waals surface area contributed by atoms with Gasteiger partial charge in [-0.25, -0.2) is 0 Å². The van der Waals surface area contributed by atoms with E-state index in [1.165, 1.54) is 16.3 Å². The summed E-state index contributed by atoms with van der Waals surface area (Å²) < 4.78 is 5.32. The maximum absolute atomic E-state index is 12.0. The average molecular weight is 312 g/mol. The lowest BCUT2D eigenvalue weighted by molar-refractivity contribution is -0.121. The van der Waals surface area contributed by atoms with Crippen LogP contribution in [0.3, 0.4) is 0 Å². The molecule has 122 valence electrons. The third-order valence-electron chi connectivity index (χ3n) is 4.36. The summed E-state index contributed by atoms with van der Waals surface area (Å²) in [7, 11) is 0. The van der Waals surface area contributed by atoms with E-state index in [1.807, 2.05) is 12.1 Å². The number of aryl methyl sites for hydroxylation is 1. The predicted molar refractivity (Wildman–Crippen MR) is 92.5 cm³/mol. The van der Waals surface area contributed by atoms with Crippen molar-refractivity contribution >= 4 is 16.7 Å². The molecule has 0 aromatic heterocycles. The number of carbonyl (C=O) groups excluding carboxylic acids is 1. The second-order valence-corrected chi connectivity index (χ2v) is 5.94. The zero-order valence-electron chi connectivity index (χ0n) is 13.5. The Kier molecular flexibility index (Phi) is 5.61. The molecule has 1 N–H and O–H groups in total. The van der Waals surface area contributed by atoms with Gasteiger partial charge in [0.15, 0.2) is 0 Å². The van der Waals surface area contributed by atoms with Crippen LogP contribution in [0.4, 0.5) is 0 Å². The molecule has 1 heterocycles. The summed E-state index contributed by atoms with van der Waals surface area (Å²) in [5.74, 6) is 0.131. The fraction of sp³-hybridized carbons (Fsp3) is 0.421. The lowest BCUT2D eigenvalue weighted by Crippen LogP contribution is -2.41. The molecule has 4 heteroatoms. The van der Waals surface area contributed by atoms with Crippen LogP contribution in [-0.2, 0) is 16.0 Å². The van der Waals surface area contributed by atoms with Gasteiger partial charge in [-0.1, -0.05) is 42.5 Å². The van der Waals surface area contributed by atoms with E-state index in [0.29, 0.717) is 13.0 Å². The highest BCUT2D eigenvalue weighted by Gasteiger charge is 2.10. The Morgan fingerprint density at radius 3 is 2.74 bits per heavy atom. The molecular weight excluding hydrogens is 288 g/mol. The predicted octanol–water partition coefficient (Wildman–Crippen LogP) is 2.22. The quantitative estimate of drug-likeness (QED) is 0.889. The molecule has 0 aliphatic carbocycles. The number of morpholine rings is 1. The molecule has 1 fully saturated rings. The Labute approximate surface area is 137 Å². The molecule has 3 rings (SSSR count). The van der Waals surface area contributed by atoms with E-state index >= 15 is 0 Å². The summed E-state index contributed by atoms with van der Waals surface area (Å²) in [5, 5.41) is 5.51. The van der Waals surface area contributed by atoms with Crippen LogP contribution in [0.1, 0.15) is 12.0 Å². The van der Waals surface area contributed by atoms with E-state index in [2.05, 4.69) is 40.5 Å². The average Bonchev–Trinajstić information content (AvgIpc) is 2.61. The Morgan fingerprint density at radius 1 is 1.09 bits per heavy atom. The minimum absolute atomic E-state index is 0.131. The van der Waals surface area contributed by atoms with Crippen molar-refractivity contribution in [2.45, 2.75) is 12.8 Å². The molecule has 2 aromatic rings. The lowest BCUT2D eigenvalue weighted by atomic mass is 10.0. The van der Waals surface area contributed by atoms with E-state index in [-0.39, 0.29) is 5.91 Å². The first-order chi connectivity index (χ1) is 11.3. The van der Waals surface area contributed by atoms with Crippen molar-refractivity contribution in [2.75, 3.05) is 39.4 Å². The third-order valence-corrected chi connectivity index (χ3v) is 4.36. The SMILES string of the molecule is O=C(CCc1cccc2ccccc12)NCCN1CCOCC1. The minimum atomic E-state index is 0.131. The Hall–Kier alpha value is -1.91. The summed E-state index contributed by atoms with van der Waals surface area (Å²) in [4.78, 5) is 14.4. The molecule has 2 aromatic carbocycles. The minimum Gasteiger partial charge on any atom is -0.379 e. The van der Waals surface area contributed by atoms with E-state index in [4.69, 9.17) is 4.74 Å². The van der Waals surface area contributed by atoms with Gasteiger partial charge in [0, 0.05) is 32.6 Å². The van der Waals surface area contributed by atoms with E-state index < -0.39 is 0 Å². The number of hydrogen-bond acceptors (Lipinski definition) is 3.